The Morgan fingerprint density at radius 2 is 2.17 bits per heavy atom. The summed E-state index contributed by atoms with van der Waals surface area (Å²) in [6.07, 6.45) is 7.87. The quantitative estimate of drug-likeness (QED) is 0.847. The number of nitrogens with zero attached hydrogens (tertiary/aromatic N) is 4. The van der Waals surface area contributed by atoms with Gasteiger partial charge in [-0.3, -0.25) is 4.68 Å². The van der Waals surface area contributed by atoms with Crippen LogP contribution in [0.25, 0.3) is 0 Å². The van der Waals surface area contributed by atoms with Gasteiger partial charge in [0.1, 0.15) is 5.82 Å². The molecule has 2 N–H and O–H groups in total. The fourth-order valence-electron chi connectivity index (χ4n) is 2.88. The molecule has 1 saturated heterocycles. The number of pyridine rings is 1. The van der Waals surface area contributed by atoms with E-state index in [0.717, 1.165) is 24.5 Å². The highest BCUT2D eigenvalue weighted by molar-refractivity contribution is 5.74. The molecular weight excluding hydrogens is 304 g/mol. The highest BCUT2D eigenvalue weighted by Gasteiger charge is 2.14. The van der Waals surface area contributed by atoms with Gasteiger partial charge >= 0.3 is 6.03 Å². The molecule has 0 aliphatic carbocycles. The highest BCUT2D eigenvalue weighted by Crippen LogP contribution is 2.18. The summed E-state index contributed by atoms with van der Waals surface area (Å²) in [5, 5.41) is 9.96. The SMILES string of the molecule is C[C@@H](Cn1cccn1)NC(=O)NCc1ccnc(N2CCCC2)c1. The molecule has 1 aliphatic rings. The van der Waals surface area contributed by atoms with Crippen molar-refractivity contribution in [1.29, 1.82) is 0 Å². The van der Waals surface area contributed by atoms with E-state index >= 15 is 0 Å². The average Bonchev–Trinajstić information content (AvgIpc) is 3.26. The van der Waals surface area contributed by atoms with Gasteiger partial charge in [-0.2, -0.15) is 5.10 Å². The lowest BCUT2D eigenvalue weighted by molar-refractivity contribution is 0.235. The van der Waals surface area contributed by atoms with Gasteiger partial charge in [-0.15, -0.1) is 0 Å². The lowest BCUT2D eigenvalue weighted by Crippen LogP contribution is -2.42. The van der Waals surface area contributed by atoms with Gasteiger partial charge in [0.05, 0.1) is 6.54 Å². The van der Waals surface area contributed by atoms with Gasteiger partial charge in [-0.25, -0.2) is 9.78 Å². The summed E-state index contributed by atoms with van der Waals surface area (Å²) >= 11 is 0. The third-order valence-corrected chi connectivity index (χ3v) is 4.09. The Kier molecular flexibility index (Phi) is 5.30. The number of aromatic nitrogens is 3. The van der Waals surface area contributed by atoms with E-state index in [-0.39, 0.29) is 12.1 Å². The number of amides is 2. The third kappa shape index (κ3) is 4.47. The molecule has 0 bridgehead atoms. The van der Waals surface area contributed by atoms with E-state index in [1.54, 1.807) is 10.9 Å². The fourth-order valence-corrected chi connectivity index (χ4v) is 2.88. The molecule has 24 heavy (non-hydrogen) atoms. The van der Waals surface area contributed by atoms with Crippen molar-refractivity contribution in [1.82, 2.24) is 25.4 Å². The first kappa shape index (κ1) is 16.3. The molecule has 7 nitrogen and oxygen atoms in total. The molecule has 2 amide bonds. The summed E-state index contributed by atoms with van der Waals surface area (Å²) in [6, 6.07) is 5.69. The topological polar surface area (TPSA) is 75.1 Å². The minimum Gasteiger partial charge on any atom is -0.357 e. The van der Waals surface area contributed by atoms with Crippen molar-refractivity contribution in [3.8, 4) is 0 Å². The summed E-state index contributed by atoms with van der Waals surface area (Å²) in [5.41, 5.74) is 1.06. The van der Waals surface area contributed by atoms with Crippen LogP contribution in [0.15, 0.2) is 36.8 Å². The van der Waals surface area contributed by atoms with Gasteiger partial charge in [-0.1, -0.05) is 0 Å². The first-order valence-electron chi connectivity index (χ1n) is 8.42. The molecule has 0 radical (unpaired) electrons. The maximum Gasteiger partial charge on any atom is 0.315 e. The minimum atomic E-state index is -0.172. The van der Waals surface area contributed by atoms with Crippen LogP contribution in [0.2, 0.25) is 0 Å². The maximum atomic E-state index is 12.0. The van der Waals surface area contributed by atoms with Gasteiger partial charge in [-0.05, 0) is 43.5 Å². The van der Waals surface area contributed by atoms with Gasteiger partial charge in [0.25, 0.3) is 0 Å². The number of urea groups is 1. The normalized spacial score (nSPS) is 15.3. The van der Waals surface area contributed by atoms with Crippen molar-refractivity contribution in [2.75, 3.05) is 18.0 Å². The number of anilines is 1. The fraction of sp³-hybridized carbons (Fsp3) is 0.471. The maximum absolute atomic E-state index is 12.0. The molecule has 0 aromatic carbocycles. The van der Waals surface area contributed by atoms with Crippen molar-refractivity contribution in [3.63, 3.8) is 0 Å². The first-order valence-corrected chi connectivity index (χ1v) is 8.42. The molecule has 3 heterocycles. The van der Waals surface area contributed by atoms with Crippen molar-refractivity contribution in [2.45, 2.75) is 38.9 Å². The molecular formula is C17H24N6O. The molecule has 1 fully saturated rings. The van der Waals surface area contributed by atoms with Gasteiger partial charge < -0.3 is 15.5 Å². The van der Waals surface area contributed by atoms with E-state index in [9.17, 15) is 4.79 Å². The summed E-state index contributed by atoms with van der Waals surface area (Å²) in [6.45, 7) is 5.22. The average molecular weight is 328 g/mol. The lowest BCUT2D eigenvalue weighted by Gasteiger charge is -2.17. The predicted molar refractivity (Wildman–Crippen MR) is 92.7 cm³/mol. The third-order valence-electron chi connectivity index (χ3n) is 4.09. The second kappa shape index (κ2) is 7.81. The lowest BCUT2D eigenvalue weighted by atomic mass is 10.2. The Hall–Kier alpha value is -2.57. The van der Waals surface area contributed by atoms with Gasteiger partial charge in [0.15, 0.2) is 0 Å². The molecule has 2 aromatic heterocycles. The number of rotatable bonds is 6. The van der Waals surface area contributed by atoms with Crippen LogP contribution in [-0.2, 0) is 13.1 Å². The van der Waals surface area contributed by atoms with Gasteiger partial charge in [0, 0.05) is 44.3 Å². The van der Waals surface area contributed by atoms with E-state index in [1.165, 1.54) is 12.8 Å². The second-order valence-electron chi connectivity index (χ2n) is 6.17. The number of carbonyl (C=O) groups is 1. The zero-order valence-corrected chi connectivity index (χ0v) is 14.0. The minimum absolute atomic E-state index is 0.00232. The van der Waals surface area contributed by atoms with Crippen molar-refractivity contribution in [2.24, 2.45) is 0 Å². The van der Waals surface area contributed by atoms with Crippen LogP contribution in [-0.4, -0.2) is 39.9 Å². The Labute approximate surface area is 142 Å². The molecule has 3 rings (SSSR count). The number of hydrogen-bond acceptors (Lipinski definition) is 4. The molecule has 1 aliphatic heterocycles. The smallest absolute Gasteiger partial charge is 0.315 e. The zero-order valence-electron chi connectivity index (χ0n) is 14.0. The van der Waals surface area contributed by atoms with Crippen LogP contribution in [0.1, 0.15) is 25.3 Å². The van der Waals surface area contributed by atoms with E-state index in [2.05, 4.69) is 31.7 Å². The van der Waals surface area contributed by atoms with Crippen LogP contribution in [0.5, 0.6) is 0 Å². The highest BCUT2D eigenvalue weighted by atomic mass is 16.2. The van der Waals surface area contributed by atoms with Crippen LogP contribution in [0.4, 0.5) is 10.6 Å². The number of nitrogens with one attached hydrogen (secondary N) is 2. The van der Waals surface area contributed by atoms with Gasteiger partial charge in [0.2, 0.25) is 0 Å². The van der Waals surface area contributed by atoms with Crippen molar-refractivity contribution >= 4 is 11.8 Å². The van der Waals surface area contributed by atoms with Crippen molar-refractivity contribution in [3.05, 3.63) is 42.4 Å². The number of hydrogen-bond donors (Lipinski definition) is 2. The molecule has 1 atom stereocenters. The molecule has 0 saturated carbocycles. The van der Waals surface area contributed by atoms with Crippen molar-refractivity contribution < 1.29 is 4.79 Å². The van der Waals surface area contributed by atoms with Crippen LogP contribution >= 0.6 is 0 Å². The standard InChI is InChI=1S/C17H24N6O/c1-14(13-23-10-4-6-20-23)21-17(24)19-12-15-5-7-18-16(11-15)22-8-2-3-9-22/h4-7,10-11,14H,2-3,8-9,12-13H2,1H3,(H2,19,21,24)/t14-/m0/s1. The second-order valence-corrected chi connectivity index (χ2v) is 6.17. The van der Waals surface area contributed by atoms with E-state index in [1.807, 2.05) is 31.5 Å². The summed E-state index contributed by atoms with van der Waals surface area (Å²) in [7, 11) is 0. The largest absolute Gasteiger partial charge is 0.357 e. The summed E-state index contributed by atoms with van der Waals surface area (Å²) < 4.78 is 1.80. The van der Waals surface area contributed by atoms with E-state index < -0.39 is 0 Å². The zero-order chi connectivity index (χ0) is 16.8. The molecule has 0 unspecified atom stereocenters. The Morgan fingerprint density at radius 1 is 1.33 bits per heavy atom. The molecule has 0 spiro atoms. The molecule has 7 heteroatoms. The first-order chi connectivity index (χ1) is 11.7. The predicted octanol–water partition coefficient (Wildman–Crippen LogP) is 1.77. The monoisotopic (exact) mass is 328 g/mol. The summed E-state index contributed by atoms with van der Waals surface area (Å²) in [5.74, 6) is 0.999. The van der Waals surface area contributed by atoms with E-state index in [0.29, 0.717) is 13.1 Å². The van der Waals surface area contributed by atoms with Crippen LogP contribution in [0.3, 0.4) is 0 Å². The Balaban J connectivity index is 1.46. The summed E-state index contributed by atoms with van der Waals surface area (Å²) in [4.78, 5) is 18.7. The van der Waals surface area contributed by atoms with Crippen LogP contribution in [0, 0.1) is 0 Å². The Morgan fingerprint density at radius 3 is 2.92 bits per heavy atom. The van der Waals surface area contributed by atoms with E-state index in [4.69, 9.17) is 0 Å². The van der Waals surface area contributed by atoms with Crippen LogP contribution < -0.4 is 15.5 Å². The number of carbonyl (C=O) groups excluding carboxylic acids is 1. The molecule has 2 aromatic rings. The molecule has 128 valence electrons. The Bertz CT molecular complexity index is 651.